The molecule has 0 aliphatic heterocycles. The minimum absolute atomic E-state index is 0.344. The van der Waals surface area contributed by atoms with Crippen LogP contribution in [0, 0.1) is 0 Å². The van der Waals surface area contributed by atoms with Gasteiger partial charge in [0.05, 0.1) is 13.3 Å². The highest BCUT2D eigenvalue weighted by Gasteiger charge is 2.29. The fraction of sp³-hybridized carbons (Fsp3) is 0.636. The molecule has 0 aliphatic carbocycles. The Morgan fingerprint density at radius 1 is 1.56 bits per heavy atom. The summed E-state index contributed by atoms with van der Waals surface area (Å²) in [5.41, 5.74) is -0.141. The van der Waals surface area contributed by atoms with Crippen molar-refractivity contribution < 1.29 is 14.3 Å². The highest BCUT2D eigenvalue weighted by molar-refractivity contribution is 5.86. The molecule has 1 atom stereocenters. The molecule has 0 amide bonds. The van der Waals surface area contributed by atoms with Crippen molar-refractivity contribution in [2.45, 2.75) is 32.8 Å². The standard InChI is InChI=1S/C11H18N2O3/c1-5-11(3,16-6-2)10-12-7-8(13-10)9(14)15-4/h7H,5-6H2,1-4H3,(H,12,13). The Morgan fingerprint density at radius 2 is 2.25 bits per heavy atom. The van der Waals surface area contributed by atoms with Crippen LogP contribution in [0.1, 0.15) is 43.5 Å². The van der Waals surface area contributed by atoms with Gasteiger partial charge in [0, 0.05) is 6.61 Å². The molecule has 1 rings (SSSR count). The van der Waals surface area contributed by atoms with E-state index in [4.69, 9.17) is 4.74 Å². The van der Waals surface area contributed by atoms with Gasteiger partial charge in [0.15, 0.2) is 0 Å². The SMILES string of the molecule is CCOC(C)(CC)c1ncc(C(=O)OC)[nH]1. The van der Waals surface area contributed by atoms with Crippen LogP contribution in [0.4, 0.5) is 0 Å². The number of nitrogens with zero attached hydrogens (tertiary/aromatic N) is 1. The Labute approximate surface area is 95.2 Å². The largest absolute Gasteiger partial charge is 0.464 e. The van der Waals surface area contributed by atoms with Crippen LogP contribution < -0.4 is 0 Å². The van der Waals surface area contributed by atoms with Crippen LogP contribution in [0.3, 0.4) is 0 Å². The first-order chi connectivity index (χ1) is 7.57. The number of H-pyrrole nitrogens is 1. The maximum atomic E-state index is 11.3. The Bertz CT molecular complexity index is 362. The van der Waals surface area contributed by atoms with Gasteiger partial charge in [-0.1, -0.05) is 6.92 Å². The number of esters is 1. The molecule has 1 N–H and O–H groups in total. The summed E-state index contributed by atoms with van der Waals surface area (Å²) in [6, 6.07) is 0. The number of aromatic amines is 1. The fourth-order valence-corrected chi connectivity index (χ4v) is 1.46. The van der Waals surface area contributed by atoms with Gasteiger partial charge in [-0.3, -0.25) is 0 Å². The molecule has 0 bridgehead atoms. The number of rotatable bonds is 5. The lowest BCUT2D eigenvalue weighted by atomic mass is 10.0. The summed E-state index contributed by atoms with van der Waals surface area (Å²) in [6.45, 7) is 6.48. The number of hydrogen-bond acceptors (Lipinski definition) is 4. The molecule has 1 heterocycles. The first-order valence-electron chi connectivity index (χ1n) is 5.35. The van der Waals surface area contributed by atoms with E-state index in [1.54, 1.807) is 0 Å². The van der Waals surface area contributed by atoms with Crippen LogP contribution in [0.25, 0.3) is 0 Å². The molecule has 0 spiro atoms. The molecule has 0 aliphatic rings. The Kier molecular flexibility index (Phi) is 4.06. The van der Waals surface area contributed by atoms with Gasteiger partial charge in [0.25, 0.3) is 0 Å². The fourth-order valence-electron chi connectivity index (χ4n) is 1.46. The van der Waals surface area contributed by atoms with Crippen LogP contribution in [-0.4, -0.2) is 29.7 Å². The van der Waals surface area contributed by atoms with Crippen molar-refractivity contribution in [1.82, 2.24) is 9.97 Å². The van der Waals surface area contributed by atoms with Gasteiger partial charge in [-0.2, -0.15) is 0 Å². The van der Waals surface area contributed by atoms with Crippen molar-refractivity contribution >= 4 is 5.97 Å². The molecule has 1 aromatic rings. The van der Waals surface area contributed by atoms with Gasteiger partial charge >= 0.3 is 5.97 Å². The molecule has 90 valence electrons. The molecule has 1 aromatic heterocycles. The number of hydrogen-bond donors (Lipinski definition) is 1. The topological polar surface area (TPSA) is 64.2 Å². The van der Waals surface area contributed by atoms with E-state index in [1.165, 1.54) is 13.3 Å². The minimum atomic E-state index is -0.485. The van der Waals surface area contributed by atoms with Gasteiger partial charge in [0.2, 0.25) is 0 Å². The number of carbonyl (C=O) groups is 1. The van der Waals surface area contributed by atoms with Gasteiger partial charge in [0.1, 0.15) is 17.1 Å². The van der Waals surface area contributed by atoms with Gasteiger partial charge in [-0.15, -0.1) is 0 Å². The van der Waals surface area contributed by atoms with E-state index in [1.807, 2.05) is 20.8 Å². The second-order valence-electron chi connectivity index (χ2n) is 3.65. The molecule has 1 unspecified atom stereocenters. The monoisotopic (exact) mass is 226 g/mol. The van der Waals surface area contributed by atoms with Crippen molar-refractivity contribution in [2.75, 3.05) is 13.7 Å². The summed E-state index contributed by atoms with van der Waals surface area (Å²) >= 11 is 0. The zero-order valence-electron chi connectivity index (χ0n) is 10.2. The average molecular weight is 226 g/mol. The molecular weight excluding hydrogens is 208 g/mol. The van der Waals surface area contributed by atoms with Gasteiger partial charge in [-0.05, 0) is 20.3 Å². The number of aromatic nitrogens is 2. The maximum absolute atomic E-state index is 11.3. The lowest BCUT2D eigenvalue weighted by Crippen LogP contribution is -2.26. The van der Waals surface area contributed by atoms with E-state index >= 15 is 0 Å². The Balaban J connectivity index is 2.95. The molecule has 5 nitrogen and oxygen atoms in total. The molecule has 5 heteroatoms. The second-order valence-corrected chi connectivity index (χ2v) is 3.65. The summed E-state index contributed by atoms with van der Waals surface area (Å²) in [6.07, 6.45) is 2.24. The van der Waals surface area contributed by atoms with E-state index in [9.17, 15) is 4.79 Å². The zero-order chi connectivity index (χ0) is 12.2. The Hall–Kier alpha value is -1.36. The number of ether oxygens (including phenoxy) is 2. The van der Waals surface area contributed by atoms with E-state index in [0.717, 1.165) is 6.42 Å². The molecule has 0 saturated heterocycles. The summed E-state index contributed by atoms with van der Waals surface area (Å²) in [5.74, 6) is 0.228. The Morgan fingerprint density at radius 3 is 2.75 bits per heavy atom. The van der Waals surface area contributed by atoms with Gasteiger partial charge in [-0.25, -0.2) is 9.78 Å². The van der Waals surface area contributed by atoms with E-state index in [0.29, 0.717) is 18.1 Å². The third kappa shape index (κ3) is 2.41. The third-order valence-corrected chi connectivity index (χ3v) is 2.62. The predicted octanol–water partition coefficient (Wildman–Crippen LogP) is 1.86. The quantitative estimate of drug-likeness (QED) is 0.778. The number of nitrogens with one attached hydrogen (secondary N) is 1. The summed E-state index contributed by atoms with van der Waals surface area (Å²) in [4.78, 5) is 18.4. The minimum Gasteiger partial charge on any atom is -0.464 e. The first kappa shape index (κ1) is 12.7. The lowest BCUT2D eigenvalue weighted by Gasteiger charge is -2.25. The predicted molar refractivity (Wildman–Crippen MR) is 59.2 cm³/mol. The number of imidazole rings is 1. The number of carbonyl (C=O) groups excluding carboxylic acids is 1. The molecule has 0 fully saturated rings. The summed E-state index contributed by atoms with van der Waals surface area (Å²) in [5, 5.41) is 0. The van der Waals surface area contributed by atoms with Crippen LogP contribution in [0.2, 0.25) is 0 Å². The summed E-state index contributed by atoms with van der Waals surface area (Å²) < 4.78 is 10.3. The van der Waals surface area contributed by atoms with Crippen LogP contribution in [0.5, 0.6) is 0 Å². The highest BCUT2D eigenvalue weighted by atomic mass is 16.5. The van der Waals surface area contributed by atoms with Crippen molar-refractivity contribution in [3.8, 4) is 0 Å². The van der Waals surface area contributed by atoms with Crippen molar-refractivity contribution in [3.05, 3.63) is 17.7 Å². The molecular formula is C11H18N2O3. The van der Waals surface area contributed by atoms with E-state index < -0.39 is 11.6 Å². The van der Waals surface area contributed by atoms with Crippen molar-refractivity contribution in [3.63, 3.8) is 0 Å². The van der Waals surface area contributed by atoms with Crippen molar-refractivity contribution in [1.29, 1.82) is 0 Å². The summed E-state index contributed by atoms with van der Waals surface area (Å²) in [7, 11) is 1.34. The smallest absolute Gasteiger partial charge is 0.356 e. The third-order valence-electron chi connectivity index (χ3n) is 2.62. The van der Waals surface area contributed by atoms with Crippen molar-refractivity contribution in [2.24, 2.45) is 0 Å². The lowest BCUT2D eigenvalue weighted by molar-refractivity contribution is -0.0385. The molecule has 16 heavy (non-hydrogen) atoms. The van der Waals surface area contributed by atoms with E-state index in [-0.39, 0.29) is 0 Å². The average Bonchev–Trinajstić information content (AvgIpc) is 2.78. The zero-order valence-corrected chi connectivity index (χ0v) is 10.2. The van der Waals surface area contributed by atoms with Crippen LogP contribution in [0.15, 0.2) is 6.20 Å². The van der Waals surface area contributed by atoms with Gasteiger partial charge < -0.3 is 14.5 Å². The van der Waals surface area contributed by atoms with E-state index in [2.05, 4.69) is 14.7 Å². The second kappa shape index (κ2) is 5.12. The molecule has 0 radical (unpaired) electrons. The highest BCUT2D eigenvalue weighted by Crippen LogP contribution is 2.26. The maximum Gasteiger partial charge on any atom is 0.356 e. The van der Waals surface area contributed by atoms with Crippen LogP contribution in [-0.2, 0) is 15.1 Å². The number of methoxy groups -OCH3 is 1. The first-order valence-corrected chi connectivity index (χ1v) is 5.35. The molecule has 0 aromatic carbocycles. The van der Waals surface area contributed by atoms with Crippen LogP contribution >= 0.6 is 0 Å². The normalized spacial score (nSPS) is 14.5. The molecule has 0 saturated carbocycles.